The summed E-state index contributed by atoms with van der Waals surface area (Å²) in [7, 11) is 0. The maximum Gasteiger partial charge on any atom is 0.0423 e. The van der Waals surface area contributed by atoms with Crippen LogP contribution in [0.15, 0.2) is 126 Å². The van der Waals surface area contributed by atoms with Gasteiger partial charge in [-0.25, -0.2) is 0 Å². The van der Waals surface area contributed by atoms with E-state index in [0.29, 0.717) is 5.92 Å². The summed E-state index contributed by atoms with van der Waals surface area (Å²) in [6.07, 6.45) is 6.73. The molecule has 1 heteroatoms. The van der Waals surface area contributed by atoms with Crippen LogP contribution in [0.5, 0.6) is 0 Å². The Kier molecular flexibility index (Phi) is 7.67. The van der Waals surface area contributed by atoms with Crippen LogP contribution in [0.3, 0.4) is 0 Å². The molecule has 1 fully saturated rings. The van der Waals surface area contributed by atoms with Crippen molar-refractivity contribution in [3.8, 4) is 22.3 Å². The number of aryl methyl sites for hydroxylation is 1. The molecular weight excluding hydrogens is 500 g/mol. The summed E-state index contributed by atoms with van der Waals surface area (Å²) in [6, 6.07) is 44.8. The van der Waals surface area contributed by atoms with Gasteiger partial charge < -0.3 is 0 Å². The summed E-state index contributed by atoms with van der Waals surface area (Å²) in [4.78, 5) is 0.999. The van der Waals surface area contributed by atoms with E-state index in [2.05, 4.69) is 135 Å². The minimum atomic E-state index is -0.340. The van der Waals surface area contributed by atoms with Crippen molar-refractivity contribution in [3.63, 3.8) is 0 Å². The second-order valence-corrected chi connectivity index (χ2v) is 12.1. The molecule has 0 aliphatic heterocycles. The quantitative estimate of drug-likeness (QED) is 0.161. The predicted octanol–water partition coefficient (Wildman–Crippen LogP) is 11.0. The van der Waals surface area contributed by atoms with Gasteiger partial charge in [-0.1, -0.05) is 122 Å². The lowest BCUT2D eigenvalue weighted by molar-refractivity contribution is 0.443. The van der Waals surface area contributed by atoms with Gasteiger partial charge in [0, 0.05) is 10.3 Å². The number of rotatable bonds is 6. The highest BCUT2D eigenvalue weighted by Crippen LogP contribution is 2.44. The summed E-state index contributed by atoms with van der Waals surface area (Å²) in [5, 5.41) is 0. The van der Waals surface area contributed by atoms with Crippen molar-refractivity contribution >= 4 is 12.6 Å². The van der Waals surface area contributed by atoms with Crippen LogP contribution in [-0.2, 0) is 5.41 Å². The molecule has 1 unspecified atom stereocenters. The fourth-order valence-electron chi connectivity index (χ4n) is 6.58. The van der Waals surface area contributed by atoms with Crippen LogP contribution < -0.4 is 0 Å². The van der Waals surface area contributed by atoms with E-state index in [1.165, 1.54) is 82.2 Å². The van der Waals surface area contributed by atoms with Crippen molar-refractivity contribution in [2.24, 2.45) is 0 Å². The van der Waals surface area contributed by atoms with Gasteiger partial charge in [0.25, 0.3) is 0 Å². The van der Waals surface area contributed by atoms with Crippen LogP contribution in [0.4, 0.5) is 0 Å². The molecule has 1 atom stereocenters. The molecule has 0 nitrogen and oxygen atoms in total. The zero-order valence-corrected chi connectivity index (χ0v) is 24.5. The van der Waals surface area contributed by atoms with Crippen LogP contribution in [0, 0.1) is 6.92 Å². The summed E-state index contributed by atoms with van der Waals surface area (Å²) in [6.45, 7) is 4.61. The topological polar surface area (TPSA) is 0 Å². The van der Waals surface area contributed by atoms with E-state index < -0.39 is 0 Å². The molecule has 0 heterocycles. The van der Waals surface area contributed by atoms with Gasteiger partial charge in [0.15, 0.2) is 0 Å². The Hall–Kier alpha value is -3.55. The Morgan fingerprint density at radius 1 is 0.575 bits per heavy atom. The Morgan fingerprint density at radius 2 is 1.10 bits per heavy atom. The predicted molar refractivity (Wildman–Crippen MR) is 174 cm³/mol. The molecule has 0 spiro atoms. The van der Waals surface area contributed by atoms with Crippen LogP contribution in [0.1, 0.15) is 72.8 Å². The van der Waals surface area contributed by atoms with Gasteiger partial charge in [0.1, 0.15) is 0 Å². The lowest BCUT2D eigenvalue weighted by atomic mass is 9.69. The molecule has 0 amide bonds. The van der Waals surface area contributed by atoms with Gasteiger partial charge in [0.05, 0.1) is 0 Å². The van der Waals surface area contributed by atoms with Crippen molar-refractivity contribution in [2.75, 3.05) is 0 Å². The zero-order valence-electron chi connectivity index (χ0n) is 23.6. The first-order valence-electron chi connectivity index (χ1n) is 14.7. The van der Waals surface area contributed by atoms with Gasteiger partial charge in [-0.05, 0) is 101 Å². The van der Waals surface area contributed by atoms with Crippen molar-refractivity contribution in [1.82, 2.24) is 0 Å². The van der Waals surface area contributed by atoms with Crippen LogP contribution >= 0.6 is 12.6 Å². The number of thiol groups is 1. The molecule has 40 heavy (non-hydrogen) atoms. The maximum absolute atomic E-state index is 4.88. The molecule has 0 bridgehead atoms. The normalized spacial score (nSPS) is 15.5. The molecule has 5 aromatic carbocycles. The lowest BCUT2D eigenvalue weighted by Crippen LogP contribution is -2.26. The van der Waals surface area contributed by atoms with Gasteiger partial charge in [-0.3, -0.25) is 0 Å². The third-order valence-electron chi connectivity index (χ3n) is 9.12. The Labute approximate surface area is 245 Å². The van der Waals surface area contributed by atoms with Crippen LogP contribution in [-0.4, -0.2) is 0 Å². The fraction of sp³-hybridized carbons (Fsp3) is 0.231. The van der Waals surface area contributed by atoms with E-state index in [-0.39, 0.29) is 5.41 Å². The molecule has 0 aromatic heterocycles. The van der Waals surface area contributed by atoms with E-state index in [1.807, 2.05) is 0 Å². The average Bonchev–Trinajstić information content (AvgIpc) is 3.02. The molecule has 200 valence electrons. The molecule has 6 rings (SSSR count). The van der Waals surface area contributed by atoms with Gasteiger partial charge in [-0.2, -0.15) is 0 Å². The molecule has 0 radical (unpaired) electrons. The Balaban J connectivity index is 1.52. The van der Waals surface area contributed by atoms with E-state index >= 15 is 0 Å². The molecule has 1 aliphatic rings. The third kappa shape index (κ3) is 5.16. The van der Waals surface area contributed by atoms with Gasteiger partial charge in [-0.15, -0.1) is 12.6 Å². The van der Waals surface area contributed by atoms with Crippen molar-refractivity contribution < 1.29 is 0 Å². The molecule has 0 N–H and O–H groups in total. The first-order chi connectivity index (χ1) is 19.5. The van der Waals surface area contributed by atoms with Crippen molar-refractivity contribution in [1.29, 1.82) is 0 Å². The maximum atomic E-state index is 4.88. The summed E-state index contributed by atoms with van der Waals surface area (Å²) in [5.74, 6) is 0.700. The monoisotopic (exact) mass is 538 g/mol. The van der Waals surface area contributed by atoms with E-state index in [1.54, 1.807) is 0 Å². The lowest BCUT2D eigenvalue weighted by Gasteiger charge is -2.34. The molecule has 1 aliphatic carbocycles. The zero-order chi connectivity index (χ0) is 27.5. The Morgan fingerprint density at radius 3 is 1.73 bits per heavy atom. The third-order valence-corrected chi connectivity index (χ3v) is 9.51. The minimum absolute atomic E-state index is 0.340. The van der Waals surface area contributed by atoms with Crippen molar-refractivity contribution in [3.05, 3.63) is 149 Å². The first-order valence-corrected chi connectivity index (χ1v) is 15.1. The second-order valence-electron chi connectivity index (χ2n) is 11.6. The van der Waals surface area contributed by atoms with Crippen LogP contribution in [0.25, 0.3) is 22.3 Å². The highest BCUT2D eigenvalue weighted by molar-refractivity contribution is 7.80. The molecule has 0 saturated heterocycles. The van der Waals surface area contributed by atoms with Gasteiger partial charge >= 0.3 is 0 Å². The summed E-state index contributed by atoms with van der Waals surface area (Å²) >= 11 is 4.88. The standard InChI is InChI=1S/C39H38S/c1-28-18-21-34(26-36(28)31-14-8-4-9-15-31)39(2,33-22-19-30(20-23-33)29-12-6-3-7-13-29)35-24-25-38(40)37(27-35)32-16-10-5-11-17-32/h4-5,8-11,14-27,29,40H,3,6-7,12-13H2,1-2H3. The van der Waals surface area contributed by atoms with E-state index in [0.717, 1.165) is 4.90 Å². The summed E-state index contributed by atoms with van der Waals surface area (Å²) in [5.41, 5.74) is 11.3. The van der Waals surface area contributed by atoms with Gasteiger partial charge in [0.2, 0.25) is 0 Å². The first kappa shape index (κ1) is 26.7. The molecule has 1 saturated carbocycles. The number of hydrogen-bond donors (Lipinski definition) is 1. The van der Waals surface area contributed by atoms with Crippen molar-refractivity contribution in [2.45, 2.75) is 62.2 Å². The summed E-state index contributed by atoms with van der Waals surface area (Å²) < 4.78 is 0. The molecular formula is C39H38S. The minimum Gasteiger partial charge on any atom is -0.143 e. The highest BCUT2D eigenvalue weighted by Gasteiger charge is 2.33. The van der Waals surface area contributed by atoms with E-state index in [4.69, 9.17) is 12.6 Å². The Bertz CT molecular complexity index is 1490. The van der Waals surface area contributed by atoms with Crippen LogP contribution in [0.2, 0.25) is 0 Å². The largest absolute Gasteiger partial charge is 0.143 e. The SMILES string of the molecule is Cc1ccc(C(C)(c2ccc(C3CCCCC3)cc2)c2ccc(S)c(-c3ccccc3)c2)cc1-c1ccccc1. The second kappa shape index (κ2) is 11.5. The number of benzene rings is 5. The molecule has 5 aromatic rings. The fourth-order valence-corrected chi connectivity index (χ4v) is 6.85. The smallest absolute Gasteiger partial charge is 0.0423 e. The number of hydrogen-bond acceptors (Lipinski definition) is 1. The highest BCUT2D eigenvalue weighted by atomic mass is 32.1. The van der Waals surface area contributed by atoms with E-state index in [9.17, 15) is 0 Å². The average molecular weight is 539 g/mol.